The zero-order chi connectivity index (χ0) is 22.9. The van der Waals surface area contributed by atoms with Gasteiger partial charge in [-0.25, -0.2) is 8.42 Å². The van der Waals surface area contributed by atoms with Crippen LogP contribution < -0.4 is 19.7 Å². The highest BCUT2D eigenvalue weighted by molar-refractivity contribution is 8.15. The maximum absolute atomic E-state index is 13.0. The standard InChI is InChI=1S/C21H22ClN3O5S2/c1-29-15-5-3-4-14(9-15)25(21-24-17-11-32(27,28)12-19(17)31-21)10-20(26)23-16-8-13(22)6-7-18(16)30-2/h3-9,17,19H,10-12H2,1-2H3,(H,23,26). The molecule has 1 fully saturated rings. The summed E-state index contributed by atoms with van der Waals surface area (Å²) in [5, 5.41) is 3.77. The topological polar surface area (TPSA) is 97.3 Å². The SMILES string of the molecule is COc1cccc(N(CC(=O)Nc2cc(Cl)ccc2OC)C2=NC3CS(=O)(=O)CC3S2)c1. The molecule has 0 bridgehead atoms. The van der Waals surface area contributed by atoms with Crippen LogP contribution in [0.15, 0.2) is 47.5 Å². The van der Waals surface area contributed by atoms with E-state index in [1.54, 1.807) is 36.3 Å². The first-order valence-electron chi connectivity index (χ1n) is 9.78. The fraction of sp³-hybridized carbons (Fsp3) is 0.333. The van der Waals surface area contributed by atoms with Gasteiger partial charge in [0.15, 0.2) is 15.0 Å². The number of rotatable bonds is 6. The van der Waals surface area contributed by atoms with E-state index < -0.39 is 9.84 Å². The predicted octanol–water partition coefficient (Wildman–Crippen LogP) is 3.07. The average molecular weight is 496 g/mol. The highest BCUT2D eigenvalue weighted by atomic mass is 35.5. The lowest BCUT2D eigenvalue weighted by atomic mass is 10.2. The molecule has 1 N–H and O–H groups in total. The maximum Gasteiger partial charge on any atom is 0.244 e. The van der Waals surface area contributed by atoms with Crippen molar-refractivity contribution in [1.82, 2.24) is 0 Å². The van der Waals surface area contributed by atoms with E-state index in [-0.39, 0.29) is 35.2 Å². The summed E-state index contributed by atoms with van der Waals surface area (Å²) in [6.45, 7) is -0.0408. The molecule has 8 nitrogen and oxygen atoms in total. The highest BCUT2D eigenvalue weighted by Crippen LogP contribution is 2.37. The van der Waals surface area contributed by atoms with E-state index in [9.17, 15) is 13.2 Å². The van der Waals surface area contributed by atoms with Gasteiger partial charge in [-0.2, -0.15) is 0 Å². The molecular weight excluding hydrogens is 474 g/mol. The second-order valence-corrected chi connectivity index (χ2v) is 11.2. The van der Waals surface area contributed by atoms with E-state index in [0.29, 0.717) is 33.1 Å². The number of carbonyl (C=O) groups excluding carboxylic acids is 1. The van der Waals surface area contributed by atoms with Crippen molar-refractivity contribution in [3.8, 4) is 11.5 Å². The summed E-state index contributed by atoms with van der Waals surface area (Å²) in [5.41, 5.74) is 1.17. The van der Waals surface area contributed by atoms with Crippen molar-refractivity contribution < 1.29 is 22.7 Å². The minimum absolute atomic E-state index is 0.0338. The van der Waals surface area contributed by atoms with Crippen LogP contribution in [0.4, 0.5) is 11.4 Å². The lowest BCUT2D eigenvalue weighted by molar-refractivity contribution is -0.114. The number of halogens is 1. The summed E-state index contributed by atoms with van der Waals surface area (Å²) in [5.74, 6) is 0.944. The molecular formula is C21H22ClN3O5S2. The monoisotopic (exact) mass is 495 g/mol. The molecule has 11 heteroatoms. The maximum atomic E-state index is 13.0. The second-order valence-electron chi connectivity index (χ2n) is 7.39. The van der Waals surface area contributed by atoms with Gasteiger partial charge in [0.25, 0.3) is 0 Å². The molecule has 2 aromatic rings. The number of fused-ring (bicyclic) bond motifs is 1. The van der Waals surface area contributed by atoms with E-state index in [4.69, 9.17) is 21.1 Å². The molecule has 1 amide bonds. The number of thioether (sulfide) groups is 1. The number of amides is 1. The number of carbonyl (C=O) groups is 1. The van der Waals surface area contributed by atoms with Crippen LogP contribution in [0.25, 0.3) is 0 Å². The third-order valence-corrected chi connectivity index (χ3v) is 8.62. The minimum atomic E-state index is -3.08. The quantitative estimate of drug-likeness (QED) is 0.657. The number of benzene rings is 2. The van der Waals surface area contributed by atoms with Gasteiger partial charge in [-0.15, -0.1) is 0 Å². The van der Waals surface area contributed by atoms with Crippen molar-refractivity contribution in [2.45, 2.75) is 11.3 Å². The molecule has 0 spiro atoms. The smallest absolute Gasteiger partial charge is 0.244 e. The van der Waals surface area contributed by atoms with Crippen molar-refractivity contribution >= 4 is 55.6 Å². The largest absolute Gasteiger partial charge is 0.497 e. The third-order valence-electron chi connectivity index (χ3n) is 5.14. The molecule has 4 rings (SSSR count). The molecule has 1 saturated heterocycles. The fourth-order valence-electron chi connectivity index (χ4n) is 3.63. The van der Waals surface area contributed by atoms with Crippen molar-refractivity contribution in [2.24, 2.45) is 4.99 Å². The number of nitrogens with one attached hydrogen (secondary N) is 1. The van der Waals surface area contributed by atoms with Crippen molar-refractivity contribution in [3.05, 3.63) is 47.5 Å². The highest BCUT2D eigenvalue weighted by Gasteiger charge is 2.44. The summed E-state index contributed by atoms with van der Waals surface area (Å²) in [6, 6.07) is 12.0. The summed E-state index contributed by atoms with van der Waals surface area (Å²) in [4.78, 5) is 19.4. The Morgan fingerprint density at radius 1 is 1.22 bits per heavy atom. The lowest BCUT2D eigenvalue weighted by Gasteiger charge is -2.24. The Labute approximate surface area is 195 Å². The van der Waals surface area contributed by atoms with Crippen LogP contribution in [-0.4, -0.2) is 63.1 Å². The molecule has 2 aliphatic heterocycles. The zero-order valence-corrected chi connectivity index (χ0v) is 19.8. The number of nitrogens with zero attached hydrogens (tertiary/aromatic N) is 2. The Kier molecular flexibility index (Phi) is 6.55. The Bertz CT molecular complexity index is 1170. The predicted molar refractivity (Wildman–Crippen MR) is 128 cm³/mol. The number of hydrogen-bond donors (Lipinski definition) is 1. The number of anilines is 2. The molecule has 170 valence electrons. The van der Waals surface area contributed by atoms with Crippen LogP contribution >= 0.6 is 23.4 Å². The van der Waals surface area contributed by atoms with Gasteiger partial charge >= 0.3 is 0 Å². The van der Waals surface area contributed by atoms with Gasteiger partial charge in [-0.3, -0.25) is 9.79 Å². The molecule has 0 aromatic heterocycles. The van der Waals surface area contributed by atoms with E-state index in [2.05, 4.69) is 10.3 Å². The molecule has 2 aromatic carbocycles. The minimum Gasteiger partial charge on any atom is -0.497 e. The first-order chi connectivity index (χ1) is 15.3. The van der Waals surface area contributed by atoms with E-state index >= 15 is 0 Å². The van der Waals surface area contributed by atoms with Crippen molar-refractivity contribution in [2.75, 3.05) is 42.5 Å². The lowest BCUT2D eigenvalue weighted by Crippen LogP contribution is -2.36. The van der Waals surface area contributed by atoms with E-state index in [1.807, 2.05) is 18.2 Å². The van der Waals surface area contributed by atoms with Crippen molar-refractivity contribution in [1.29, 1.82) is 0 Å². The Balaban J connectivity index is 1.60. The summed E-state index contributed by atoms with van der Waals surface area (Å²) in [6.07, 6.45) is 0. The number of methoxy groups -OCH3 is 2. The van der Waals surface area contributed by atoms with Gasteiger partial charge in [0.1, 0.15) is 18.0 Å². The molecule has 0 aliphatic carbocycles. The number of amidine groups is 1. The molecule has 2 atom stereocenters. The van der Waals surface area contributed by atoms with Crippen LogP contribution in [0.3, 0.4) is 0 Å². The second kappa shape index (κ2) is 9.21. The van der Waals surface area contributed by atoms with Gasteiger partial charge in [0.2, 0.25) is 5.91 Å². The van der Waals surface area contributed by atoms with E-state index in [0.717, 1.165) is 0 Å². The Morgan fingerprint density at radius 2 is 2.03 bits per heavy atom. The van der Waals surface area contributed by atoms with Crippen molar-refractivity contribution in [3.63, 3.8) is 0 Å². The third kappa shape index (κ3) is 4.97. The Hall–Kier alpha value is -2.43. The summed E-state index contributed by atoms with van der Waals surface area (Å²) < 4.78 is 34.5. The molecule has 0 saturated carbocycles. The van der Waals surface area contributed by atoms with Crippen LogP contribution in [0, 0.1) is 0 Å². The van der Waals surface area contributed by atoms with Crippen LogP contribution in [-0.2, 0) is 14.6 Å². The first kappa shape index (κ1) is 22.8. The van der Waals surface area contributed by atoms with Crippen LogP contribution in [0.5, 0.6) is 11.5 Å². The molecule has 2 heterocycles. The van der Waals surface area contributed by atoms with Gasteiger partial charge in [-0.1, -0.05) is 29.4 Å². The fourth-order valence-corrected chi connectivity index (χ4v) is 7.58. The molecule has 2 unspecified atom stereocenters. The van der Waals surface area contributed by atoms with E-state index in [1.165, 1.54) is 18.9 Å². The van der Waals surface area contributed by atoms with Gasteiger partial charge in [0.05, 0.1) is 37.5 Å². The molecule has 0 radical (unpaired) electrons. The zero-order valence-electron chi connectivity index (χ0n) is 17.4. The Morgan fingerprint density at radius 3 is 2.75 bits per heavy atom. The number of aliphatic imine (C=N–C) groups is 1. The number of sulfone groups is 1. The normalized spacial score (nSPS) is 20.9. The van der Waals surface area contributed by atoms with Crippen LogP contribution in [0.1, 0.15) is 0 Å². The molecule has 2 aliphatic rings. The van der Waals surface area contributed by atoms with Gasteiger partial charge < -0.3 is 19.7 Å². The van der Waals surface area contributed by atoms with Crippen LogP contribution in [0.2, 0.25) is 5.02 Å². The summed E-state index contributed by atoms with van der Waals surface area (Å²) >= 11 is 7.46. The first-order valence-corrected chi connectivity index (χ1v) is 12.9. The summed E-state index contributed by atoms with van der Waals surface area (Å²) in [7, 11) is 0.00260. The van der Waals surface area contributed by atoms with Gasteiger partial charge in [-0.05, 0) is 30.3 Å². The number of hydrogen-bond acceptors (Lipinski definition) is 8. The average Bonchev–Trinajstić information content (AvgIpc) is 3.25. The number of ether oxygens (including phenoxy) is 2. The molecule has 32 heavy (non-hydrogen) atoms. The van der Waals surface area contributed by atoms with Gasteiger partial charge in [0, 0.05) is 22.0 Å².